The number of carbonyl (C=O) groups excluding carboxylic acids is 1. The Balaban J connectivity index is 1.67. The lowest BCUT2D eigenvalue weighted by Crippen LogP contribution is -2.37. The van der Waals surface area contributed by atoms with Crippen LogP contribution in [0.1, 0.15) is 30.9 Å². The monoisotopic (exact) mass is 367 g/mol. The van der Waals surface area contributed by atoms with Gasteiger partial charge in [0.1, 0.15) is 15.6 Å². The lowest BCUT2D eigenvalue weighted by atomic mass is 9.95. The molecule has 2 fully saturated rings. The van der Waals surface area contributed by atoms with Gasteiger partial charge in [0, 0.05) is 5.92 Å². The number of carbonyl (C=O) groups is 2. The van der Waals surface area contributed by atoms with E-state index in [0.717, 1.165) is 0 Å². The van der Waals surface area contributed by atoms with E-state index in [1.165, 1.54) is 7.11 Å². The average Bonchev–Trinajstić information content (AvgIpc) is 3.30. The van der Waals surface area contributed by atoms with Crippen molar-refractivity contribution in [3.8, 4) is 5.75 Å². The van der Waals surface area contributed by atoms with Gasteiger partial charge in [-0.15, -0.1) is 0 Å². The minimum absolute atomic E-state index is 0.109. The number of methoxy groups -OCH3 is 1. The first kappa shape index (κ1) is 17.7. The van der Waals surface area contributed by atoms with E-state index >= 15 is 0 Å². The number of aliphatic carboxylic acids is 1. The van der Waals surface area contributed by atoms with Gasteiger partial charge in [-0.3, -0.25) is 4.79 Å². The van der Waals surface area contributed by atoms with Crippen molar-refractivity contribution in [2.45, 2.75) is 25.3 Å². The number of sulfone groups is 1. The summed E-state index contributed by atoms with van der Waals surface area (Å²) >= 11 is 0. The van der Waals surface area contributed by atoms with Crippen molar-refractivity contribution in [3.05, 3.63) is 29.8 Å². The Morgan fingerprint density at radius 2 is 1.84 bits per heavy atom. The molecule has 2 N–H and O–H groups in total. The van der Waals surface area contributed by atoms with Crippen molar-refractivity contribution in [1.82, 2.24) is 5.32 Å². The second-order valence-corrected chi connectivity index (χ2v) is 9.13. The largest absolute Gasteiger partial charge is 0.497 e. The van der Waals surface area contributed by atoms with E-state index in [0.29, 0.717) is 30.6 Å². The lowest BCUT2D eigenvalue weighted by molar-refractivity contribution is -0.142. The predicted molar refractivity (Wildman–Crippen MR) is 89.9 cm³/mol. The quantitative estimate of drug-likeness (QED) is 0.808. The third-order valence-corrected chi connectivity index (χ3v) is 6.96. The molecule has 7 nitrogen and oxygen atoms in total. The summed E-state index contributed by atoms with van der Waals surface area (Å²) in [5.74, 6) is -0.941. The van der Waals surface area contributed by atoms with Crippen molar-refractivity contribution >= 4 is 21.7 Å². The summed E-state index contributed by atoms with van der Waals surface area (Å²) in [7, 11) is -1.47. The summed E-state index contributed by atoms with van der Waals surface area (Å²) in [6, 6.07) is 5.36. The molecule has 8 heteroatoms. The lowest BCUT2D eigenvalue weighted by Gasteiger charge is -2.23. The molecule has 2 aliphatic rings. The molecule has 1 aliphatic heterocycles. The fraction of sp³-hybridized carbons (Fsp3) is 0.529. The average molecular weight is 367 g/mol. The molecular weight excluding hydrogens is 346 g/mol. The maximum atomic E-state index is 12.5. The Morgan fingerprint density at radius 1 is 1.24 bits per heavy atom. The maximum absolute atomic E-state index is 12.5. The first-order chi connectivity index (χ1) is 11.8. The highest BCUT2D eigenvalue weighted by Crippen LogP contribution is 2.59. The van der Waals surface area contributed by atoms with Crippen LogP contribution in [0, 0.1) is 11.3 Å². The molecule has 1 spiro atoms. The summed E-state index contributed by atoms with van der Waals surface area (Å²) in [5, 5.41) is 12.0. The summed E-state index contributed by atoms with van der Waals surface area (Å²) in [4.78, 5) is 24.1. The van der Waals surface area contributed by atoms with Gasteiger partial charge in [-0.1, -0.05) is 12.1 Å². The highest BCUT2D eigenvalue weighted by atomic mass is 32.2. The van der Waals surface area contributed by atoms with Crippen molar-refractivity contribution < 1.29 is 27.9 Å². The standard InChI is InChI=1S/C17H21NO6S/c1-24-12-4-2-11(3-5-12)14(16(20)21)18-15(19)13-10-17(13)6-8-25(22,23)9-7-17/h2-5,13-14H,6-10H2,1H3,(H,18,19)(H,20,21). The minimum atomic E-state index is -2.99. The van der Waals surface area contributed by atoms with Gasteiger partial charge in [-0.05, 0) is 42.4 Å². The van der Waals surface area contributed by atoms with Crippen molar-refractivity contribution in [1.29, 1.82) is 0 Å². The fourth-order valence-corrected chi connectivity index (χ4v) is 5.18. The smallest absolute Gasteiger partial charge is 0.330 e. The number of hydrogen-bond donors (Lipinski definition) is 2. The Hall–Kier alpha value is -2.09. The third-order valence-electron chi connectivity index (χ3n) is 5.31. The van der Waals surface area contributed by atoms with Crippen LogP contribution >= 0.6 is 0 Å². The highest BCUT2D eigenvalue weighted by molar-refractivity contribution is 7.91. The Bertz CT molecular complexity index is 772. The predicted octanol–water partition coefficient (Wildman–Crippen LogP) is 1.15. The molecule has 1 saturated carbocycles. The van der Waals surface area contributed by atoms with Crippen LogP contribution in [0.25, 0.3) is 0 Å². The second-order valence-electron chi connectivity index (χ2n) is 6.82. The number of nitrogens with one attached hydrogen (secondary N) is 1. The molecule has 1 aromatic rings. The third kappa shape index (κ3) is 3.63. The van der Waals surface area contributed by atoms with Crippen LogP contribution in [0.15, 0.2) is 24.3 Å². The van der Waals surface area contributed by atoms with Crippen molar-refractivity contribution in [3.63, 3.8) is 0 Å². The highest BCUT2D eigenvalue weighted by Gasteiger charge is 2.59. The minimum Gasteiger partial charge on any atom is -0.497 e. The zero-order valence-electron chi connectivity index (χ0n) is 13.9. The first-order valence-corrected chi connectivity index (χ1v) is 9.96. The summed E-state index contributed by atoms with van der Waals surface area (Å²) in [6.45, 7) is 0. The van der Waals surface area contributed by atoms with Gasteiger partial charge in [0.25, 0.3) is 0 Å². The number of ether oxygens (including phenoxy) is 1. The van der Waals surface area contributed by atoms with Crippen LogP contribution in [-0.4, -0.2) is 44.0 Å². The van der Waals surface area contributed by atoms with Gasteiger partial charge in [0.2, 0.25) is 5.91 Å². The zero-order valence-corrected chi connectivity index (χ0v) is 14.7. The number of carboxylic acids is 1. The van der Waals surface area contributed by atoms with Gasteiger partial charge in [0.15, 0.2) is 6.04 Å². The van der Waals surface area contributed by atoms with Crippen LogP contribution in [-0.2, 0) is 19.4 Å². The number of carboxylic acid groups (broad SMARTS) is 1. The molecule has 1 heterocycles. The number of hydrogen-bond acceptors (Lipinski definition) is 5. The van der Waals surface area contributed by atoms with E-state index in [-0.39, 0.29) is 28.7 Å². The van der Waals surface area contributed by atoms with Crippen molar-refractivity contribution in [2.24, 2.45) is 11.3 Å². The van der Waals surface area contributed by atoms with Gasteiger partial charge in [-0.2, -0.15) is 0 Å². The maximum Gasteiger partial charge on any atom is 0.330 e. The molecule has 0 bridgehead atoms. The molecule has 0 aromatic heterocycles. The van der Waals surface area contributed by atoms with E-state index in [9.17, 15) is 23.1 Å². The summed E-state index contributed by atoms with van der Waals surface area (Å²) in [5.41, 5.74) is 0.195. The molecule has 1 aliphatic carbocycles. The van der Waals surface area contributed by atoms with Gasteiger partial charge >= 0.3 is 5.97 Å². The topological polar surface area (TPSA) is 110 Å². The molecule has 1 amide bonds. The normalized spacial score (nSPS) is 24.3. The molecule has 1 saturated heterocycles. The Morgan fingerprint density at radius 3 is 2.36 bits per heavy atom. The number of amides is 1. The van der Waals surface area contributed by atoms with Gasteiger partial charge < -0.3 is 15.2 Å². The van der Waals surface area contributed by atoms with Crippen LogP contribution in [0.2, 0.25) is 0 Å². The van der Waals surface area contributed by atoms with E-state index in [1.54, 1.807) is 24.3 Å². The van der Waals surface area contributed by atoms with Crippen LogP contribution in [0.5, 0.6) is 5.75 Å². The van der Waals surface area contributed by atoms with E-state index in [2.05, 4.69) is 5.32 Å². The molecule has 2 unspecified atom stereocenters. The molecule has 25 heavy (non-hydrogen) atoms. The SMILES string of the molecule is COc1ccc(C(NC(=O)C2CC23CCS(=O)(=O)CC3)C(=O)O)cc1. The van der Waals surface area contributed by atoms with Crippen molar-refractivity contribution in [2.75, 3.05) is 18.6 Å². The van der Waals surface area contributed by atoms with E-state index in [4.69, 9.17) is 4.74 Å². The Kier molecular flexibility index (Phi) is 4.49. The fourth-order valence-electron chi connectivity index (χ4n) is 3.54. The number of benzene rings is 1. The zero-order chi connectivity index (χ0) is 18.2. The molecule has 136 valence electrons. The van der Waals surface area contributed by atoms with Crippen LogP contribution in [0.3, 0.4) is 0 Å². The molecule has 2 atom stereocenters. The van der Waals surface area contributed by atoms with Gasteiger partial charge in [0.05, 0.1) is 18.6 Å². The summed E-state index contributed by atoms with van der Waals surface area (Å²) < 4.78 is 28.2. The van der Waals surface area contributed by atoms with Crippen LogP contribution in [0.4, 0.5) is 0 Å². The second kappa shape index (κ2) is 6.33. The Labute approximate surface area is 146 Å². The molecule has 3 rings (SSSR count). The molecule has 0 radical (unpaired) electrons. The summed E-state index contributed by atoms with van der Waals surface area (Å²) in [6.07, 6.45) is 1.59. The molecule has 1 aromatic carbocycles. The molecular formula is C17H21NO6S. The van der Waals surface area contributed by atoms with E-state index < -0.39 is 21.8 Å². The van der Waals surface area contributed by atoms with E-state index in [1.807, 2.05) is 0 Å². The first-order valence-electron chi connectivity index (χ1n) is 8.14. The van der Waals surface area contributed by atoms with Gasteiger partial charge in [-0.25, -0.2) is 13.2 Å². The van der Waals surface area contributed by atoms with Crippen LogP contribution < -0.4 is 10.1 Å². The number of rotatable bonds is 5.